The fourth-order valence-corrected chi connectivity index (χ4v) is 3.27. The monoisotopic (exact) mass is 320 g/mol. The molecule has 1 amide bonds. The molecule has 0 saturated carbocycles. The van der Waals surface area contributed by atoms with Gasteiger partial charge in [-0.2, -0.15) is 0 Å². The topological polar surface area (TPSA) is 50.8 Å². The Morgan fingerprint density at radius 2 is 1.87 bits per heavy atom. The van der Waals surface area contributed by atoms with Crippen molar-refractivity contribution in [2.24, 2.45) is 11.8 Å². The molecule has 1 aromatic carbocycles. The van der Waals surface area contributed by atoms with Crippen molar-refractivity contribution in [3.8, 4) is 11.5 Å². The Morgan fingerprint density at radius 3 is 2.52 bits per heavy atom. The molecule has 0 spiro atoms. The first-order chi connectivity index (χ1) is 11.1. The Morgan fingerprint density at radius 1 is 1.22 bits per heavy atom. The van der Waals surface area contributed by atoms with E-state index in [2.05, 4.69) is 24.1 Å². The summed E-state index contributed by atoms with van der Waals surface area (Å²) in [5, 5.41) is 2.92. The standard InChI is InChI=1S/C18H28N2O3/c1-14-10-15(2)12-20(11-14)13-18(21)19-8-9-23-17-7-5-4-6-16(17)22-3/h4-7,14-15H,8-13H2,1-3H3,(H,19,21)/t14-,15-/m0/s1. The van der Waals surface area contributed by atoms with E-state index in [0.717, 1.165) is 13.1 Å². The molecule has 0 aromatic heterocycles. The van der Waals surface area contributed by atoms with Gasteiger partial charge in [0.25, 0.3) is 0 Å². The first-order valence-corrected chi connectivity index (χ1v) is 8.33. The molecule has 2 atom stereocenters. The quantitative estimate of drug-likeness (QED) is 0.782. The number of piperidine rings is 1. The van der Waals surface area contributed by atoms with Gasteiger partial charge in [0.05, 0.1) is 20.2 Å². The summed E-state index contributed by atoms with van der Waals surface area (Å²) in [5.74, 6) is 2.80. The van der Waals surface area contributed by atoms with E-state index < -0.39 is 0 Å². The summed E-state index contributed by atoms with van der Waals surface area (Å²) in [5.41, 5.74) is 0. The lowest BCUT2D eigenvalue weighted by atomic mass is 9.92. The number of nitrogens with zero attached hydrogens (tertiary/aromatic N) is 1. The van der Waals surface area contributed by atoms with Gasteiger partial charge in [0, 0.05) is 13.1 Å². The maximum Gasteiger partial charge on any atom is 0.234 e. The molecule has 1 aromatic rings. The predicted octanol–water partition coefficient (Wildman–Crippen LogP) is 2.17. The molecular weight excluding hydrogens is 292 g/mol. The fraction of sp³-hybridized carbons (Fsp3) is 0.611. The SMILES string of the molecule is COc1ccccc1OCCNC(=O)CN1C[C@@H](C)C[C@H](C)C1. The van der Waals surface area contributed by atoms with Crippen molar-refractivity contribution in [1.29, 1.82) is 0 Å². The molecule has 1 aliphatic rings. The van der Waals surface area contributed by atoms with Crippen LogP contribution in [0.2, 0.25) is 0 Å². The van der Waals surface area contributed by atoms with Crippen molar-refractivity contribution >= 4 is 5.91 Å². The molecule has 1 N–H and O–H groups in total. The second-order valence-corrected chi connectivity index (χ2v) is 6.49. The number of benzene rings is 1. The lowest BCUT2D eigenvalue weighted by Gasteiger charge is -2.34. The van der Waals surface area contributed by atoms with Crippen LogP contribution >= 0.6 is 0 Å². The van der Waals surface area contributed by atoms with Crippen LogP contribution in [0.1, 0.15) is 20.3 Å². The van der Waals surface area contributed by atoms with Gasteiger partial charge < -0.3 is 14.8 Å². The zero-order valence-corrected chi connectivity index (χ0v) is 14.4. The molecule has 23 heavy (non-hydrogen) atoms. The predicted molar refractivity (Wildman–Crippen MR) is 90.9 cm³/mol. The van der Waals surface area contributed by atoms with Crippen molar-refractivity contribution in [3.05, 3.63) is 24.3 Å². The van der Waals surface area contributed by atoms with Gasteiger partial charge in [-0.05, 0) is 30.4 Å². The summed E-state index contributed by atoms with van der Waals surface area (Å²) >= 11 is 0. The van der Waals surface area contributed by atoms with Gasteiger partial charge in [-0.1, -0.05) is 26.0 Å². The highest BCUT2D eigenvalue weighted by Gasteiger charge is 2.23. The molecule has 2 rings (SSSR count). The van der Waals surface area contributed by atoms with Gasteiger partial charge in [-0.25, -0.2) is 0 Å². The highest BCUT2D eigenvalue weighted by molar-refractivity contribution is 5.78. The molecule has 128 valence electrons. The molecule has 0 unspecified atom stereocenters. The molecule has 5 nitrogen and oxygen atoms in total. The van der Waals surface area contributed by atoms with Gasteiger partial charge in [0.15, 0.2) is 11.5 Å². The van der Waals surface area contributed by atoms with E-state index in [4.69, 9.17) is 9.47 Å². The minimum absolute atomic E-state index is 0.0647. The van der Waals surface area contributed by atoms with E-state index in [1.165, 1.54) is 6.42 Å². The summed E-state index contributed by atoms with van der Waals surface area (Å²) < 4.78 is 10.9. The largest absolute Gasteiger partial charge is 0.493 e. The summed E-state index contributed by atoms with van der Waals surface area (Å²) in [6.07, 6.45) is 1.25. The Hall–Kier alpha value is -1.75. The molecule has 0 radical (unpaired) electrons. The van der Waals surface area contributed by atoms with Crippen LogP contribution in [0.3, 0.4) is 0 Å². The summed E-state index contributed by atoms with van der Waals surface area (Å²) in [4.78, 5) is 14.3. The number of likely N-dealkylation sites (tertiary alicyclic amines) is 1. The fourth-order valence-electron chi connectivity index (χ4n) is 3.27. The molecule has 1 heterocycles. The lowest BCUT2D eigenvalue weighted by molar-refractivity contribution is -0.122. The Labute approximate surface area is 139 Å². The number of carbonyl (C=O) groups is 1. The van der Waals surface area contributed by atoms with Crippen LogP contribution in [0.15, 0.2) is 24.3 Å². The van der Waals surface area contributed by atoms with Crippen LogP contribution in [0.5, 0.6) is 11.5 Å². The molecule has 1 aliphatic heterocycles. The summed E-state index contributed by atoms with van der Waals surface area (Å²) in [6, 6.07) is 7.51. The van der Waals surface area contributed by atoms with E-state index in [9.17, 15) is 4.79 Å². The summed E-state index contributed by atoms with van der Waals surface area (Å²) in [7, 11) is 1.62. The zero-order valence-electron chi connectivity index (χ0n) is 14.4. The molecule has 0 bridgehead atoms. The highest BCUT2D eigenvalue weighted by Crippen LogP contribution is 2.25. The van der Waals surface area contributed by atoms with Crippen molar-refractivity contribution in [2.75, 3.05) is 39.9 Å². The average Bonchev–Trinajstić information content (AvgIpc) is 2.51. The van der Waals surface area contributed by atoms with Gasteiger partial charge in [-0.3, -0.25) is 9.69 Å². The maximum absolute atomic E-state index is 12.0. The minimum Gasteiger partial charge on any atom is -0.493 e. The van der Waals surface area contributed by atoms with Crippen molar-refractivity contribution in [3.63, 3.8) is 0 Å². The average molecular weight is 320 g/mol. The first-order valence-electron chi connectivity index (χ1n) is 8.33. The van der Waals surface area contributed by atoms with E-state index in [0.29, 0.717) is 43.0 Å². The second-order valence-electron chi connectivity index (χ2n) is 6.49. The molecular formula is C18H28N2O3. The molecule has 1 saturated heterocycles. The van der Waals surface area contributed by atoms with Crippen LogP contribution in [-0.4, -0.2) is 50.7 Å². The number of ether oxygens (including phenoxy) is 2. The van der Waals surface area contributed by atoms with Crippen LogP contribution in [0.4, 0.5) is 0 Å². The second kappa shape index (κ2) is 8.77. The van der Waals surface area contributed by atoms with Gasteiger partial charge in [0.2, 0.25) is 5.91 Å². The Bertz CT molecular complexity index is 497. The first kappa shape index (κ1) is 17.6. The van der Waals surface area contributed by atoms with E-state index in [1.807, 2.05) is 24.3 Å². The zero-order chi connectivity index (χ0) is 16.7. The Kier molecular flexibility index (Phi) is 6.71. The van der Waals surface area contributed by atoms with Crippen molar-refractivity contribution in [2.45, 2.75) is 20.3 Å². The van der Waals surface area contributed by atoms with Gasteiger partial charge >= 0.3 is 0 Å². The van der Waals surface area contributed by atoms with Crippen molar-refractivity contribution < 1.29 is 14.3 Å². The van der Waals surface area contributed by atoms with Crippen LogP contribution in [0.25, 0.3) is 0 Å². The Balaban J connectivity index is 1.67. The van der Waals surface area contributed by atoms with Gasteiger partial charge in [-0.15, -0.1) is 0 Å². The number of carbonyl (C=O) groups excluding carboxylic acids is 1. The number of rotatable bonds is 7. The third-order valence-electron chi connectivity index (χ3n) is 4.06. The smallest absolute Gasteiger partial charge is 0.234 e. The normalized spacial score (nSPS) is 21.7. The number of para-hydroxylation sites is 2. The number of methoxy groups -OCH3 is 1. The van der Waals surface area contributed by atoms with Crippen LogP contribution in [0, 0.1) is 11.8 Å². The van der Waals surface area contributed by atoms with Gasteiger partial charge in [0.1, 0.15) is 6.61 Å². The minimum atomic E-state index is 0.0647. The molecule has 0 aliphatic carbocycles. The lowest BCUT2D eigenvalue weighted by Crippen LogP contribution is -2.45. The summed E-state index contributed by atoms with van der Waals surface area (Å²) in [6.45, 7) is 7.92. The van der Waals surface area contributed by atoms with Crippen LogP contribution < -0.4 is 14.8 Å². The third kappa shape index (κ3) is 5.75. The molecule has 5 heteroatoms. The number of nitrogens with one attached hydrogen (secondary N) is 1. The van der Waals surface area contributed by atoms with E-state index >= 15 is 0 Å². The van der Waals surface area contributed by atoms with E-state index in [1.54, 1.807) is 7.11 Å². The molecule has 1 fully saturated rings. The number of amides is 1. The number of hydrogen-bond acceptors (Lipinski definition) is 4. The van der Waals surface area contributed by atoms with Crippen molar-refractivity contribution in [1.82, 2.24) is 10.2 Å². The van der Waals surface area contributed by atoms with E-state index in [-0.39, 0.29) is 5.91 Å². The van der Waals surface area contributed by atoms with Crippen LogP contribution in [-0.2, 0) is 4.79 Å². The highest BCUT2D eigenvalue weighted by atomic mass is 16.5. The third-order valence-corrected chi connectivity index (χ3v) is 4.06. The maximum atomic E-state index is 12.0. The number of hydrogen-bond donors (Lipinski definition) is 1.